The normalized spacial score (nSPS) is 11.0. The largest absolute Gasteiger partial charge is 0.241 e. The van der Waals surface area contributed by atoms with E-state index in [1.807, 2.05) is 12.1 Å². The molecule has 5 heteroatoms. The van der Waals surface area contributed by atoms with Crippen LogP contribution in [0.1, 0.15) is 15.6 Å². The summed E-state index contributed by atoms with van der Waals surface area (Å²) in [4.78, 5) is 9.55. The van der Waals surface area contributed by atoms with Crippen molar-refractivity contribution in [3.05, 3.63) is 79.3 Å². The van der Waals surface area contributed by atoms with E-state index in [0.29, 0.717) is 0 Å². The fourth-order valence-electron chi connectivity index (χ4n) is 2.52. The van der Waals surface area contributed by atoms with Crippen LogP contribution in [0.25, 0.3) is 22.5 Å². The highest BCUT2D eigenvalue weighted by Gasteiger charge is 2.09. The Morgan fingerprint density at radius 1 is 0.760 bits per heavy atom. The molecule has 0 spiro atoms. The van der Waals surface area contributed by atoms with Gasteiger partial charge in [-0.25, -0.2) is 9.97 Å². The number of aryl methyl sites for hydroxylation is 1. The van der Waals surface area contributed by atoms with Crippen LogP contribution in [0.2, 0.25) is 0 Å². The van der Waals surface area contributed by atoms with Crippen molar-refractivity contribution in [2.24, 2.45) is 0 Å². The van der Waals surface area contributed by atoms with Gasteiger partial charge in [0, 0.05) is 26.4 Å². The quantitative estimate of drug-likeness (QED) is 0.367. The van der Waals surface area contributed by atoms with E-state index in [2.05, 4.69) is 70.0 Å². The van der Waals surface area contributed by atoms with Crippen molar-refractivity contribution in [3.8, 4) is 22.5 Å². The lowest BCUT2D eigenvalue weighted by atomic mass is 10.1. The van der Waals surface area contributed by atoms with Gasteiger partial charge in [-0.2, -0.15) is 0 Å². The summed E-state index contributed by atoms with van der Waals surface area (Å²) in [7, 11) is 0. The molecule has 4 aromatic rings. The Morgan fingerprint density at radius 2 is 1.24 bits per heavy atom. The highest BCUT2D eigenvalue weighted by molar-refractivity contribution is 9.10. The average molecular weight is 427 g/mol. The van der Waals surface area contributed by atoms with Crippen LogP contribution in [0.15, 0.2) is 63.8 Å². The van der Waals surface area contributed by atoms with Gasteiger partial charge in [0.1, 0.15) is 10.0 Å². The first-order valence-electron chi connectivity index (χ1n) is 7.89. The van der Waals surface area contributed by atoms with Crippen LogP contribution in [-0.2, 0) is 6.42 Å². The number of rotatable bonds is 4. The van der Waals surface area contributed by atoms with E-state index in [4.69, 9.17) is 9.97 Å². The van der Waals surface area contributed by atoms with E-state index in [9.17, 15) is 0 Å². The Morgan fingerprint density at radius 3 is 1.76 bits per heavy atom. The molecular weight excluding hydrogens is 412 g/mol. The predicted molar refractivity (Wildman–Crippen MR) is 110 cm³/mol. The Kier molecular flexibility index (Phi) is 4.79. The molecule has 0 aliphatic carbocycles. The zero-order valence-electron chi connectivity index (χ0n) is 13.6. The molecule has 25 heavy (non-hydrogen) atoms. The number of aromatic nitrogens is 2. The van der Waals surface area contributed by atoms with Crippen LogP contribution >= 0.6 is 38.6 Å². The summed E-state index contributed by atoms with van der Waals surface area (Å²) in [5.74, 6) is 0. The van der Waals surface area contributed by atoms with Gasteiger partial charge in [0.2, 0.25) is 0 Å². The molecule has 0 saturated carbocycles. The Balaban J connectivity index is 1.51. The number of thiazole rings is 2. The molecule has 0 radical (unpaired) electrons. The molecule has 2 nitrogen and oxygen atoms in total. The maximum Gasteiger partial charge on any atom is 0.100 e. The minimum Gasteiger partial charge on any atom is -0.241 e. The van der Waals surface area contributed by atoms with Crippen molar-refractivity contribution in [3.63, 3.8) is 0 Å². The van der Waals surface area contributed by atoms with Gasteiger partial charge in [-0.3, -0.25) is 0 Å². The molecule has 0 amide bonds. The molecule has 0 aliphatic rings. The first-order chi connectivity index (χ1) is 12.2. The minimum atomic E-state index is 0.789. The highest BCUT2D eigenvalue weighted by Crippen LogP contribution is 2.27. The Bertz CT molecular complexity index is 903. The second-order valence-corrected chi connectivity index (χ2v) is 8.60. The second-order valence-electron chi connectivity index (χ2n) is 5.80. The molecule has 0 atom stereocenters. The lowest BCUT2D eigenvalue weighted by molar-refractivity contribution is 1.11. The topological polar surface area (TPSA) is 25.8 Å². The Hall–Kier alpha value is -1.82. The van der Waals surface area contributed by atoms with Crippen molar-refractivity contribution in [1.82, 2.24) is 9.97 Å². The highest BCUT2D eigenvalue weighted by atomic mass is 79.9. The van der Waals surface area contributed by atoms with Crippen LogP contribution in [0.3, 0.4) is 0 Å². The monoisotopic (exact) mass is 426 g/mol. The third kappa shape index (κ3) is 3.89. The number of hydrogen-bond donors (Lipinski definition) is 0. The standard InChI is InChI=1S/C20H15BrN2S2/c1-13-2-4-14(5-3-13)17-11-24-19(22-17)10-20-23-18(12-25-20)15-6-8-16(21)9-7-15/h2-9,11-12H,10H2,1H3. The number of halogens is 1. The number of nitrogens with zero attached hydrogens (tertiary/aromatic N) is 2. The first kappa shape index (κ1) is 16.6. The minimum absolute atomic E-state index is 0.789. The van der Waals surface area contributed by atoms with Crippen LogP contribution in [0.4, 0.5) is 0 Å². The summed E-state index contributed by atoms with van der Waals surface area (Å²) >= 11 is 6.86. The van der Waals surface area contributed by atoms with Crippen LogP contribution in [-0.4, -0.2) is 9.97 Å². The fourth-order valence-corrected chi connectivity index (χ4v) is 4.49. The third-order valence-electron chi connectivity index (χ3n) is 3.89. The molecule has 0 saturated heterocycles. The van der Waals surface area contributed by atoms with E-state index >= 15 is 0 Å². The van der Waals surface area contributed by atoms with Gasteiger partial charge < -0.3 is 0 Å². The molecule has 0 aliphatic heterocycles. The molecule has 2 heterocycles. The molecule has 2 aromatic heterocycles. The van der Waals surface area contributed by atoms with Crippen molar-refractivity contribution in [2.75, 3.05) is 0 Å². The van der Waals surface area contributed by atoms with E-state index in [0.717, 1.165) is 37.9 Å². The van der Waals surface area contributed by atoms with Crippen LogP contribution in [0, 0.1) is 6.92 Å². The van der Waals surface area contributed by atoms with Gasteiger partial charge in [-0.15, -0.1) is 22.7 Å². The number of hydrogen-bond acceptors (Lipinski definition) is 4. The molecule has 2 aromatic carbocycles. The average Bonchev–Trinajstić information content (AvgIpc) is 3.27. The SMILES string of the molecule is Cc1ccc(-c2csc(Cc3nc(-c4ccc(Br)cc4)cs3)n2)cc1. The maximum atomic E-state index is 4.78. The number of benzene rings is 2. The summed E-state index contributed by atoms with van der Waals surface area (Å²) in [6, 6.07) is 16.8. The molecule has 4 rings (SSSR count). The van der Waals surface area contributed by atoms with Gasteiger partial charge >= 0.3 is 0 Å². The summed E-state index contributed by atoms with van der Waals surface area (Å²) in [5, 5.41) is 6.45. The summed E-state index contributed by atoms with van der Waals surface area (Å²) in [6.07, 6.45) is 0.789. The molecule has 0 N–H and O–H groups in total. The van der Waals surface area contributed by atoms with Crippen molar-refractivity contribution >= 4 is 38.6 Å². The van der Waals surface area contributed by atoms with Gasteiger partial charge in [0.15, 0.2) is 0 Å². The van der Waals surface area contributed by atoms with Gasteiger partial charge in [-0.05, 0) is 19.1 Å². The van der Waals surface area contributed by atoms with E-state index in [-0.39, 0.29) is 0 Å². The second kappa shape index (κ2) is 7.20. The maximum absolute atomic E-state index is 4.78. The van der Waals surface area contributed by atoms with Gasteiger partial charge in [0.05, 0.1) is 17.8 Å². The first-order valence-corrected chi connectivity index (χ1v) is 10.4. The molecule has 0 fully saturated rings. The van der Waals surface area contributed by atoms with Crippen LogP contribution in [0.5, 0.6) is 0 Å². The van der Waals surface area contributed by atoms with Crippen molar-refractivity contribution in [2.45, 2.75) is 13.3 Å². The zero-order chi connectivity index (χ0) is 17.2. The molecule has 0 bridgehead atoms. The van der Waals surface area contributed by atoms with Crippen molar-refractivity contribution < 1.29 is 0 Å². The van der Waals surface area contributed by atoms with Gasteiger partial charge in [-0.1, -0.05) is 57.9 Å². The third-order valence-corrected chi connectivity index (χ3v) is 6.12. The molecular formula is C20H15BrN2S2. The molecule has 124 valence electrons. The fraction of sp³-hybridized carbons (Fsp3) is 0.100. The summed E-state index contributed by atoms with van der Waals surface area (Å²) < 4.78 is 1.08. The summed E-state index contributed by atoms with van der Waals surface area (Å²) in [6.45, 7) is 2.10. The summed E-state index contributed by atoms with van der Waals surface area (Å²) in [5.41, 5.74) is 5.66. The van der Waals surface area contributed by atoms with E-state index < -0.39 is 0 Å². The Labute approximate surface area is 163 Å². The lowest BCUT2D eigenvalue weighted by Crippen LogP contribution is -1.87. The molecule has 0 unspecified atom stereocenters. The predicted octanol–water partition coefficient (Wildman–Crippen LogP) is 6.60. The van der Waals surface area contributed by atoms with Crippen LogP contribution < -0.4 is 0 Å². The van der Waals surface area contributed by atoms with Crippen molar-refractivity contribution in [1.29, 1.82) is 0 Å². The van der Waals surface area contributed by atoms with Gasteiger partial charge in [0.25, 0.3) is 0 Å². The zero-order valence-corrected chi connectivity index (χ0v) is 16.8. The van der Waals surface area contributed by atoms with E-state index in [1.54, 1.807) is 22.7 Å². The van der Waals surface area contributed by atoms with E-state index in [1.165, 1.54) is 11.1 Å². The smallest absolute Gasteiger partial charge is 0.100 e. The lowest BCUT2D eigenvalue weighted by Gasteiger charge is -1.97.